The summed E-state index contributed by atoms with van der Waals surface area (Å²) >= 11 is 2.92. The van der Waals surface area contributed by atoms with Crippen LogP contribution in [0.5, 0.6) is 5.88 Å². The Morgan fingerprint density at radius 2 is 1.95 bits per heavy atom. The van der Waals surface area contributed by atoms with Crippen LogP contribution in [0.3, 0.4) is 0 Å². The molecule has 98 valence electrons. The summed E-state index contributed by atoms with van der Waals surface area (Å²) in [5.74, 6) is -1.66. The molecular weight excluding hydrogens is 317 g/mol. The summed E-state index contributed by atoms with van der Waals surface area (Å²) in [6.07, 6.45) is -1.19. The number of carboxylic acids is 1. The van der Waals surface area contributed by atoms with Gasteiger partial charge < -0.3 is 9.84 Å². The monoisotopic (exact) mass is 325 g/mol. The van der Waals surface area contributed by atoms with E-state index in [4.69, 9.17) is 4.74 Å². The first-order valence-corrected chi connectivity index (χ1v) is 6.13. The number of rotatable bonds is 4. The smallest absolute Gasteiger partial charge is 0.349 e. The van der Waals surface area contributed by atoms with Crippen molar-refractivity contribution in [2.24, 2.45) is 0 Å². The van der Waals surface area contributed by atoms with Crippen molar-refractivity contribution >= 4 is 21.9 Å². The van der Waals surface area contributed by atoms with Crippen LogP contribution in [-0.4, -0.2) is 16.1 Å². The lowest BCUT2D eigenvalue weighted by Crippen LogP contribution is -2.18. The van der Waals surface area contributed by atoms with Crippen LogP contribution in [0.4, 0.5) is 4.39 Å². The zero-order chi connectivity index (χ0) is 13.8. The highest BCUT2D eigenvalue weighted by atomic mass is 79.9. The Balaban J connectivity index is 2.27. The van der Waals surface area contributed by atoms with Gasteiger partial charge in [-0.05, 0) is 22.0 Å². The molecule has 0 aliphatic rings. The molecule has 1 heterocycles. The predicted octanol–water partition coefficient (Wildman–Crippen LogP) is 3.19. The number of hydrogen-bond acceptors (Lipinski definition) is 3. The predicted molar refractivity (Wildman–Crippen MR) is 69.3 cm³/mol. The minimum atomic E-state index is -1.19. The normalized spacial score (nSPS) is 11.9. The maximum atomic E-state index is 13.0. The molecule has 2 aromatic rings. The number of carbonyl (C=O) groups is 1. The van der Waals surface area contributed by atoms with Gasteiger partial charge in [-0.25, -0.2) is 14.2 Å². The molecule has 1 unspecified atom stereocenters. The molecular formula is C13H9BrFNO3. The van der Waals surface area contributed by atoms with Crippen molar-refractivity contribution in [2.45, 2.75) is 6.10 Å². The molecule has 1 aromatic carbocycles. The molecule has 2 rings (SSSR count). The van der Waals surface area contributed by atoms with Gasteiger partial charge in [-0.15, -0.1) is 0 Å². The molecule has 0 fully saturated rings. The third kappa shape index (κ3) is 3.29. The fourth-order valence-electron chi connectivity index (χ4n) is 1.48. The summed E-state index contributed by atoms with van der Waals surface area (Å²) in [4.78, 5) is 15.0. The first kappa shape index (κ1) is 13.5. The van der Waals surface area contributed by atoms with Crippen molar-refractivity contribution in [1.29, 1.82) is 0 Å². The molecule has 0 saturated heterocycles. The van der Waals surface area contributed by atoms with Crippen molar-refractivity contribution in [3.05, 3.63) is 58.4 Å². The SMILES string of the molecule is O=C(O)C(Oc1ccc(F)c(Br)n1)c1ccccc1. The van der Waals surface area contributed by atoms with Crippen LogP contribution in [0.25, 0.3) is 0 Å². The Bertz CT molecular complexity index is 592. The average molecular weight is 326 g/mol. The van der Waals surface area contributed by atoms with E-state index in [-0.39, 0.29) is 10.5 Å². The van der Waals surface area contributed by atoms with Gasteiger partial charge in [-0.2, -0.15) is 0 Å². The first-order chi connectivity index (χ1) is 9.08. The second-order valence-electron chi connectivity index (χ2n) is 3.67. The molecule has 0 saturated carbocycles. The van der Waals surface area contributed by atoms with E-state index in [1.165, 1.54) is 6.07 Å². The average Bonchev–Trinajstić information content (AvgIpc) is 2.40. The Hall–Kier alpha value is -1.95. The Morgan fingerprint density at radius 1 is 1.26 bits per heavy atom. The molecule has 0 amide bonds. The minimum Gasteiger partial charge on any atom is -0.478 e. The topological polar surface area (TPSA) is 59.4 Å². The van der Waals surface area contributed by atoms with Crippen molar-refractivity contribution in [3.8, 4) is 5.88 Å². The van der Waals surface area contributed by atoms with Crippen LogP contribution in [0.1, 0.15) is 11.7 Å². The van der Waals surface area contributed by atoms with E-state index in [9.17, 15) is 14.3 Å². The number of hydrogen-bond donors (Lipinski definition) is 1. The zero-order valence-corrected chi connectivity index (χ0v) is 11.2. The van der Waals surface area contributed by atoms with E-state index >= 15 is 0 Å². The van der Waals surface area contributed by atoms with E-state index in [0.717, 1.165) is 6.07 Å². The molecule has 0 aliphatic carbocycles. The van der Waals surface area contributed by atoms with Gasteiger partial charge in [0, 0.05) is 11.6 Å². The van der Waals surface area contributed by atoms with Crippen molar-refractivity contribution in [1.82, 2.24) is 4.98 Å². The van der Waals surface area contributed by atoms with Gasteiger partial charge in [0.2, 0.25) is 12.0 Å². The second-order valence-corrected chi connectivity index (χ2v) is 4.42. The van der Waals surface area contributed by atoms with Crippen molar-refractivity contribution < 1.29 is 19.0 Å². The van der Waals surface area contributed by atoms with Gasteiger partial charge in [0.15, 0.2) is 5.82 Å². The highest BCUT2D eigenvalue weighted by Gasteiger charge is 2.22. The van der Waals surface area contributed by atoms with E-state index in [1.54, 1.807) is 30.3 Å². The van der Waals surface area contributed by atoms with Crippen LogP contribution >= 0.6 is 15.9 Å². The quantitative estimate of drug-likeness (QED) is 0.877. The molecule has 0 radical (unpaired) electrons. The summed E-state index contributed by atoms with van der Waals surface area (Å²) in [6, 6.07) is 10.9. The number of pyridine rings is 1. The fraction of sp³-hybridized carbons (Fsp3) is 0.0769. The van der Waals surface area contributed by atoms with E-state index in [1.807, 2.05) is 0 Å². The number of benzene rings is 1. The first-order valence-electron chi connectivity index (χ1n) is 5.34. The third-order valence-electron chi connectivity index (χ3n) is 2.34. The van der Waals surface area contributed by atoms with Gasteiger partial charge >= 0.3 is 5.97 Å². The van der Waals surface area contributed by atoms with Gasteiger partial charge in [0.1, 0.15) is 4.60 Å². The Morgan fingerprint density at radius 3 is 2.53 bits per heavy atom. The summed E-state index contributed by atoms with van der Waals surface area (Å²) in [5.41, 5.74) is 0.484. The van der Waals surface area contributed by atoms with Crippen LogP contribution in [-0.2, 0) is 4.79 Å². The molecule has 0 bridgehead atoms. The standard InChI is InChI=1S/C13H9BrFNO3/c14-12-9(15)6-7-10(16-12)19-11(13(17)18)8-4-2-1-3-5-8/h1-7,11H,(H,17,18). The Labute approximate surface area is 117 Å². The lowest BCUT2D eigenvalue weighted by atomic mass is 10.1. The molecule has 1 atom stereocenters. The summed E-state index contributed by atoms with van der Waals surface area (Å²) in [6.45, 7) is 0. The molecule has 6 heteroatoms. The van der Waals surface area contributed by atoms with E-state index < -0.39 is 17.9 Å². The largest absolute Gasteiger partial charge is 0.478 e. The van der Waals surface area contributed by atoms with Crippen LogP contribution < -0.4 is 4.74 Å². The molecule has 19 heavy (non-hydrogen) atoms. The maximum Gasteiger partial charge on any atom is 0.349 e. The zero-order valence-electron chi connectivity index (χ0n) is 9.59. The Kier molecular flexibility index (Phi) is 4.11. The van der Waals surface area contributed by atoms with Gasteiger partial charge in [0.05, 0.1) is 0 Å². The number of nitrogens with zero attached hydrogens (tertiary/aromatic N) is 1. The molecule has 4 nitrogen and oxygen atoms in total. The number of ether oxygens (including phenoxy) is 1. The lowest BCUT2D eigenvalue weighted by molar-refractivity contribution is -0.145. The number of halogens is 2. The second kappa shape index (κ2) is 5.79. The van der Waals surface area contributed by atoms with Gasteiger partial charge in [0.25, 0.3) is 0 Å². The molecule has 1 aromatic heterocycles. The van der Waals surface area contributed by atoms with Crippen molar-refractivity contribution in [3.63, 3.8) is 0 Å². The summed E-state index contributed by atoms with van der Waals surface area (Å²) in [7, 11) is 0. The van der Waals surface area contributed by atoms with Crippen molar-refractivity contribution in [2.75, 3.05) is 0 Å². The maximum absolute atomic E-state index is 13.0. The highest BCUT2D eigenvalue weighted by Crippen LogP contribution is 2.23. The molecule has 1 N–H and O–H groups in total. The lowest BCUT2D eigenvalue weighted by Gasteiger charge is -2.14. The summed E-state index contributed by atoms with van der Waals surface area (Å²) in [5, 5.41) is 9.17. The molecule has 0 aliphatic heterocycles. The number of carboxylic acid groups (broad SMARTS) is 1. The number of aliphatic carboxylic acids is 1. The van der Waals surface area contributed by atoms with Crippen LogP contribution in [0.15, 0.2) is 47.1 Å². The minimum absolute atomic E-state index is 0.0257. The fourth-order valence-corrected chi connectivity index (χ4v) is 1.78. The van der Waals surface area contributed by atoms with E-state index in [2.05, 4.69) is 20.9 Å². The van der Waals surface area contributed by atoms with E-state index in [0.29, 0.717) is 5.56 Å². The number of aromatic nitrogens is 1. The third-order valence-corrected chi connectivity index (χ3v) is 2.90. The van der Waals surface area contributed by atoms with Crippen LogP contribution in [0.2, 0.25) is 0 Å². The van der Waals surface area contributed by atoms with Gasteiger partial charge in [-0.3, -0.25) is 0 Å². The highest BCUT2D eigenvalue weighted by molar-refractivity contribution is 9.10. The van der Waals surface area contributed by atoms with Crippen LogP contribution in [0, 0.1) is 5.82 Å². The van der Waals surface area contributed by atoms with Gasteiger partial charge in [-0.1, -0.05) is 30.3 Å². The molecule has 0 spiro atoms. The summed E-state index contributed by atoms with van der Waals surface area (Å²) < 4.78 is 18.3.